The summed E-state index contributed by atoms with van der Waals surface area (Å²) in [7, 11) is 0. The molecule has 0 fully saturated rings. The van der Waals surface area contributed by atoms with Crippen molar-refractivity contribution in [3.63, 3.8) is 0 Å². The first kappa shape index (κ1) is 11.8. The number of rotatable bonds is 2. The molecule has 0 saturated carbocycles. The molecular weight excluding hydrogens is 230 g/mol. The van der Waals surface area contributed by atoms with E-state index < -0.39 is 0 Å². The van der Waals surface area contributed by atoms with Crippen molar-refractivity contribution in [2.24, 2.45) is 5.73 Å². The van der Waals surface area contributed by atoms with Crippen molar-refractivity contribution >= 4 is 11.7 Å². The van der Waals surface area contributed by atoms with E-state index in [4.69, 9.17) is 5.73 Å². The first-order valence-corrected chi connectivity index (χ1v) is 5.24. The van der Waals surface area contributed by atoms with Gasteiger partial charge in [0.15, 0.2) is 0 Å². The molecule has 18 heavy (non-hydrogen) atoms. The highest BCUT2D eigenvalue weighted by Gasteiger charge is 2.07. The van der Waals surface area contributed by atoms with Crippen molar-refractivity contribution in [1.29, 1.82) is 0 Å². The molecule has 1 amide bonds. The molecule has 2 aromatic rings. The Morgan fingerprint density at radius 1 is 1.56 bits per heavy atom. The number of amides is 1. The highest BCUT2D eigenvalue weighted by Crippen LogP contribution is 2.07. The van der Waals surface area contributed by atoms with Crippen LogP contribution in [0, 0.1) is 11.8 Å². The quantitative estimate of drug-likeness (QED) is 0.662. The predicted molar refractivity (Wildman–Crippen MR) is 66.7 cm³/mol. The Labute approximate surface area is 104 Å². The minimum Gasteiger partial charge on any atom is -0.320 e. The third-order valence-corrected chi connectivity index (χ3v) is 2.10. The van der Waals surface area contributed by atoms with Crippen molar-refractivity contribution in [3.8, 4) is 11.8 Å². The van der Waals surface area contributed by atoms with Gasteiger partial charge in [-0.05, 0) is 12.1 Å². The molecule has 0 spiro atoms. The second-order valence-corrected chi connectivity index (χ2v) is 3.38. The Bertz CT molecular complexity index is 594. The van der Waals surface area contributed by atoms with Crippen LogP contribution in [0.15, 0.2) is 30.7 Å². The number of nitrogens with zero attached hydrogens (tertiary/aromatic N) is 2. The minimum absolute atomic E-state index is 0.278. The number of carbonyl (C=O) groups is 1. The van der Waals surface area contributed by atoms with E-state index in [1.807, 2.05) is 0 Å². The van der Waals surface area contributed by atoms with Gasteiger partial charge in [-0.1, -0.05) is 11.8 Å². The molecule has 0 radical (unpaired) electrons. The van der Waals surface area contributed by atoms with E-state index in [2.05, 4.69) is 32.3 Å². The molecule has 0 aliphatic heterocycles. The first-order chi connectivity index (χ1) is 8.79. The molecule has 0 atom stereocenters. The first-order valence-electron chi connectivity index (χ1n) is 5.24. The van der Waals surface area contributed by atoms with Gasteiger partial charge in [-0.2, -0.15) is 5.10 Å². The highest BCUT2D eigenvalue weighted by molar-refractivity contribution is 6.03. The maximum absolute atomic E-state index is 11.7. The van der Waals surface area contributed by atoms with Gasteiger partial charge in [0.05, 0.1) is 18.3 Å². The van der Waals surface area contributed by atoms with Crippen LogP contribution in [-0.2, 0) is 0 Å². The van der Waals surface area contributed by atoms with E-state index in [9.17, 15) is 4.79 Å². The Kier molecular flexibility index (Phi) is 3.69. The molecule has 2 aromatic heterocycles. The molecule has 2 rings (SSSR count). The summed E-state index contributed by atoms with van der Waals surface area (Å²) >= 11 is 0. The number of H-pyrrole nitrogens is 1. The van der Waals surface area contributed by atoms with Crippen molar-refractivity contribution in [2.75, 3.05) is 11.9 Å². The van der Waals surface area contributed by atoms with Crippen LogP contribution in [0.25, 0.3) is 0 Å². The summed E-state index contributed by atoms with van der Waals surface area (Å²) in [6.45, 7) is 0.291. The lowest BCUT2D eigenvalue weighted by molar-refractivity contribution is 0.102. The lowest BCUT2D eigenvalue weighted by Gasteiger charge is -2.02. The predicted octanol–water partition coefficient (Wildman–Crippen LogP) is 0.367. The lowest BCUT2D eigenvalue weighted by atomic mass is 10.2. The van der Waals surface area contributed by atoms with Crippen LogP contribution in [0.3, 0.4) is 0 Å². The number of nitrogens with one attached hydrogen (secondary N) is 2. The van der Waals surface area contributed by atoms with Gasteiger partial charge in [-0.3, -0.25) is 9.89 Å². The third kappa shape index (κ3) is 2.93. The maximum atomic E-state index is 11.7. The van der Waals surface area contributed by atoms with Crippen molar-refractivity contribution in [2.45, 2.75) is 0 Å². The number of pyridine rings is 1. The van der Waals surface area contributed by atoms with Crippen LogP contribution in [-0.4, -0.2) is 27.6 Å². The van der Waals surface area contributed by atoms with Gasteiger partial charge >= 0.3 is 0 Å². The number of nitrogens with two attached hydrogens (primary N) is 1. The molecule has 0 unspecified atom stereocenters. The van der Waals surface area contributed by atoms with E-state index in [1.165, 1.54) is 12.4 Å². The summed E-state index contributed by atoms with van der Waals surface area (Å²) in [4.78, 5) is 15.8. The lowest BCUT2D eigenvalue weighted by Crippen LogP contribution is -2.12. The zero-order valence-electron chi connectivity index (χ0n) is 9.47. The molecule has 0 bridgehead atoms. The number of carbonyl (C=O) groups excluding carboxylic acids is 1. The van der Waals surface area contributed by atoms with E-state index in [0.717, 1.165) is 5.56 Å². The number of aromatic amines is 1. The van der Waals surface area contributed by atoms with Gasteiger partial charge in [0.2, 0.25) is 0 Å². The van der Waals surface area contributed by atoms with Crippen LogP contribution < -0.4 is 11.1 Å². The zero-order chi connectivity index (χ0) is 12.8. The average Bonchev–Trinajstić information content (AvgIpc) is 2.91. The summed E-state index contributed by atoms with van der Waals surface area (Å²) < 4.78 is 0. The SMILES string of the molecule is NCC#Cc1ccnc(NC(=O)c2cn[nH]c2)c1. The van der Waals surface area contributed by atoms with Crippen molar-refractivity contribution in [1.82, 2.24) is 15.2 Å². The van der Waals surface area contributed by atoms with Crippen LogP contribution in [0.5, 0.6) is 0 Å². The van der Waals surface area contributed by atoms with Gasteiger partial charge < -0.3 is 11.1 Å². The smallest absolute Gasteiger partial charge is 0.259 e. The fourth-order valence-electron chi connectivity index (χ4n) is 1.29. The van der Waals surface area contributed by atoms with Gasteiger partial charge in [-0.25, -0.2) is 4.98 Å². The van der Waals surface area contributed by atoms with Gasteiger partial charge in [0.25, 0.3) is 5.91 Å². The molecule has 6 nitrogen and oxygen atoms in total. The van der Waals surface area contributed by atoms with Crippen LogP contribution >= 0.6 is 0 Å². The van der Waals surface area contributed by atoms with Crippen LogP contribution in [0.2, 0.25) is 0 Å². The Morgan fingerprint density at radius 3 is 3.17 bits per heavy atom. The van der Waals surface area contributed by atoms with Gasteiger partial charge in [0.1, 0.15) is 5.82 Å². The molecule has 2 heterocycles. The van der Waals surface area contributed by atoms with Crippen molar-refractivity contribution < 1.29 is 4.79 Å². The number of anilines is 1. The summed E-state index contributed by atoms with van der Waals surface area (Å²) in [5.41, 5.74) is 6.48. The molecular formula is C12H11N5O. The summed E-state index contributed by atoms with van der Waals surface area (Å²) in [6.07, 6.45) is 4.52. The fraction of sp³-hybridized carbons (Fsp3) is 0.0833. The fourth-order valence-corrected chi connectivity index (χ4v) is 1.29. The summed E-state index contributed by atoms with van der Waals surface area (Å²) in [5.74, 6) is 5.76. The van der Waals surface area contributed by atoms with E-state index >= 15 is 0 Å². The largest absolute Gasteiger partial charge is 0.320 e. The van der Waals surface area contributed by atoms with Gasteiger partial charge in [0, 0.05) is 18.0 Å². The van der Waals surface area contributed by atoms with E-state index in [1.54, 1.807) is 18.3 Å². The molecule has 90 valence electrons. The number of hydrogen-bond donors (Lipinski definition) is 3. The second kappa shape index (κ2) is 5.61. The Balaban J connectivity index is 2.12. The second-order valence-electron chi connectivity index (χ2n) is 3.38. The molecule has 0 aliphatic rings. The normalized spacial score (nSPS) is 9.39. The Morgan fingerprint density at radius 2 is 2.44 bits per heavy atom. The Hall–Kier alpha value is -2.65. The van der Waals surface area contributed by atoms with E-state index in [0.29, 0.717) is 17.9 Å². The topological polar surface area (TPSA) is 96.7 Å². The molecule has 0 aliphatic carbocycles. The molecule has 6 heteroatoms. The van der Waals surface area contributed by atoms with Crippen molar-refractivity contribution in [3.05, 3.63) is 41.9 Å². The van der Waals surface area contributed by atoms with Crippen LogP contribution in [0.4, 0.5) is 5.82 Å². The third-order valence-electron chi connectivity index (χ3n) is 2.10. The number of aromatic nitrogens is 3. The molecule has 0 aromatic carbocycles. The van der Waals surface area contributed by atoms with E-state index in [-0.39, 0.29) is 5.91 Å². The molecule has 0 saturated heterocycles. The minimum atomic E-state index is -0.278. The van der Waals surface area contributed by atoms with Gasteiger partial charge in [-0.15, -0.1) is 0 Å². The molecule has 4 N–H and O–H groups in total. The number of hydrogen-bond acceptors (Lipinski definition) is 4. The highest BCUT2D eigenvalue weighted by atomic mass is 16.1. The standard InChI is InChI=1S/C12H11N5O/c13-4-1-2-9-3-5-14-11(6-9)17-12(18)10-7-15-16-8-10/h3,5-8H,4,13H2,(H,15,16)(H,14,17,18). The summed E-state index contributed by atoms with van der Waals surface area (Å²) in [6, 6.07) is 3.43. The zero-order valence-corrected chi connectivity index (χ0v) is 9.47. The summed E-state index contributed by atoms with van der Waals surface area (Å²) in [5, 5.41) is 8.92. The monoisotopic (exact) mass is 241 g/mol. The maximum Gasteiger partial charge on any atom is 0.259 e. The van der Waals surface area contributed by atoms with Crippen LogP contribution in [0.1, 0.15) is 15.9 Å². The average molecular weight is 241 g/mol.